The van der Waals surface area contributed by atoms with Crippen molar-refractivity contribution in [1.82, 2.24) is 14.9 Å². The third kappa shape index (κ3) is 4.38. The largest absolute Gasteiger partial charge is 0.312 e. The number of hydrogen-bond donors (Lipinski definition) is 1. The molecule has 2 rings (SSSR count). The molecule has 0 aliphatic carbocycles. The van der Waals surface area contributed by atoms with Crippen molar-refractivity contribution < 1.29 is 0 Å². The normalized spacial score (nSPS) is 13.6. The molecule has 1 N–H and O–H groups in total. The summed E-state index contributed by atoms with van der Waals surface area (Å²) in [6, 6.07) is 5.59. The summed E-state index contributed by atoms with van der Waals surface area (Å²) < 4.78 is 2.60. The second-order valence-electron chi connectivity index (χ2n) is 6.60. The zero-order valence-corrected chi connectivity index (χ0v) is 14.6. The van der Waals surface area contributed by atoms with E-state index in [1.165, 1.54) is 0 Å². The summed E-state index contributed by atoms with van der Waals surface area (Å²) in [6.45, 7) is 10.1. The van der Waals surface area contributed by atoms with Crippen LogP contribution in [0, 0.1) is 5.92 Å². The molecule has 0 fully saturated rings. The van der Waals surface area contributed by atoms with Gasteiger partial charge in [0.25, 0.3) is 5.56 Å². The van der Waals surface area contributed by atoms with Gasteiger partial charge in [-0.1, -0.05) is 22.9 Å². The first-order valence-electron chi connectivity index (χ1n) is 7.16. The summed E-state index contributed by atoms with van der Waals surface area (Å²) in [7, 11) is 0. The van der Waals surface area contributed by atoms with Crippen LogP contribution in [0.3, 0.4) is 0 Å². The topological polar surface area (TPSA) is 46.9 Å². The van der Waals surface area contributed by atoms with Crippen LogP contribution in [-0.2, 0) is 6.54 Å². The molecule has 0 aliphatic heterocycles. The van der Waals surface area contributed by atoms with Gasteiger partial charge in [0, 0.05) is 16.6 Å². The van der Waals surface area contributed by atoms with Gasteiger partial charge in [0.1, 0.15) is 0 Å². The van der Waals surface area contributed by atoms with E-state index in [0.29, 0.717) is 17.8 Å². The van der Waals surface area contributed by atoms with E-state index in [1.54, 1.807) is 10.9 Å². The Morgan fingerprint density at radius 1 is 1.38 bits per heavy atom. The Morgan fingerprint density at radius 3 is 2.76 bits per heavy atom. The summed E-state index contributed by atoms with van der Waals surface area (Å²) in [4.78, 5) is 16.9. The predicted molar refractivity (Wildman–Crippen MR) is 90.6 cm³/mol. The van der Waals surface area contributed by atoms with Gasteiger partial charge in [-0.15, -0.1) is 0 Å². The lowest BCUT2D eigenvalue weighted by Gasteiger charge is -2.23. The van der Waals surface area contributed by atoms with Gasteiger partial charge in [-0.3, -0.25) is 9.36 Å². The molecule has 0 saturated carbocycles. The third-order valence-electron chi connectivity index (χ3n) is 3.28. The monoisotopic (exact) mass is 351 g/mol. The van der Waals surface area contributed by atoms with Gasteiger partial charge in [0.05, 0.1) is 17.2 Å². The van der Waals surface area contributed by atoms with Gasteiger partial charge in [-0.05, 0) is 51.4 Å². The second kappa shape index (κ2) is 6.28. The Bertz CT molecular complexity index is 688. The smallest absolute Gasteiger partial charge is 0.261 e. The summed E-state index contributed by atoms with van der Waals surface area (Å²) in [5.41, 5.74) is 0.843. The average Bonchev–Trinajstić information content (AvgIpc) is 2.39. The number of nitrogens with one attached hydrogen (secondary N) is 1. The molecule has 0 aliphatic rings. The highest BCUT2D eigenvalue weighted by atomic mass is 79.9. The van der Waals surface area contributed by atoms with Gasteiger partial charge in [-0.2, -0.15) is 0 Å². The Labute approximate surface area is 133 Å². The van der Waals surface area contributed by atoms with Crippen LogP contribution in [0.1, 0.15) is 27.7 Å². The minimum atomic E-state index is 0.0175. The van der Waals surface area contributed by atoms with Crippen LogP contribution in [0.4, 0.5) is 0 Å². The molecule has 21 heavy (non-hydrogen) atoms. The summed E-state index contributed by atoms with van der Waals surface area (Å²) in [5, 5.41) is 4.12. The molecule has 1 unspecified atom stereocenters. The van der Waals surface area contributed by atoms with Crippen molar-refractivity contribution in [3.8, 4) is 0 Å². The molecular formula is C16H22BrN3O. The second-order valence-corrected chi connectivity index (χ2v) is 7.52. The number of hydrogen-bond acceptors (Lipinski definition) is 3. The summed E-state index contributed by atoms with van der Waals surface area (Å²) in [6.07, 6.45) is 1.64. The van der Waals surface area contributed by atoms with E-state index >= 15 is 0 Å². The van der Waals surface area contributed by atoms with Gasteiger partial charge < -0.3 is 5.32 Å². The highest BCUT2D eigenvalue weighted by molar-refractivity contribution is 9.10. The molecule has 0 saturated heterocycles. The first kappa shape index (κ1) is 16.2. The van der Waals surface area contributed by atoms with Crippen LogP contribution >= 0.6 is 15.9 Å². The van der Waals surface area contributed by atoms with Crippen LogP contribution in [0.2, 0.25) is 0 Å². The van der Waals surface area contributed by atoms with Crippen LogP contribution in [0.25, 0.3) is 10.9 Å². The van der Waals surface area contributed by atoms with Gasteiger partial charge >= 0.3 is 0 Å². The van der Waals surface area contributed by atoms with E-state index in [4.69, 9.17) is 0 Å². The predicted octanol–water partition coefficient (Wildman–Crippen LogP) is 3.18. The van der Waals surface area contributed by atoms with Crippen LogP contribution in [-0.4, -0.2) is 21.6 Å². The molecular weight excluding hydrogens is 330 g/mol. The van der Waals surface area contributed by atoms with Gasteiger partial charge in [0.15, 0.2) is 0 Å². The maximum absolute atomic E-state index is 12.5. The molecule has 1 aromatic carbocycles. The number of rotatable bonds is 4. The summed E-state index contributed by atoms with van der Waals surface area (Å²) >= 11 is 3.40. The quantitative estimate of drug-likeness (QED) is 0.919. The summed E-state index contributed by atoms with van der Waals surface area (Å²) in [5.74, 6) is 0.355. The van der Waals surface area contributed by atoms with Crippen molar-refractivity contribution in [1.29, 1.82) is 0 Å². The fraction of sp³-hybridized carbons (Fsp3) is 0.500. The fourth-order valence-electron chi connectivity index (χ4n) is 2.14. The van der Waals surface area contributed by atoms with E-state index in [1.807, 2.05) is 18.2 Å². The molecule has 1 aromatic heterocycles. The standard InChI is InChI=1S/C16H22BrN3O/c1-11(8-19-16(2,3)4)9-20-10-18-14-6-5-12(17)7-13(14)15(20)21/h5-7,10-11,19H,8-9H2,1-4H3. The molecule has 1 heterocycles. The zero-order valence-electron chi connectivity index (χ0n) is 13.0. The maximum atomic E-state index is 12.5. The minimum Gasteiger partial charge on any atom is -0.312 e. The molecule has 0 bridgehead atoms. The van der Waals surface area contributed by atoms with Crippen LogP contribution in [0.5, 0.6) is 0 Å². The van der Waals surface area contributed by atoms with Crippen molar-refractivity contribution in [2.75, 3.05) is 6.54 Å². The Hall–Kier alpha value is -1.20. The first-order valence-corrected chi connectivity index (χ1v) is 7.95. The van der Waals surface area contributed by atoms with Crippen molar-refractivity contribution >= 4 is 26.8 Å². The van der Waals surface area contributed by atoms with E-state index in [2.05, 4.69) is 53.9 Å². The number of aromatic nitrogens is 2. The lowest BCUT2D eigenvalue weighted by molar-refractivity contribution is 0.357. The molecule has 2 aromatic rings. The number of benzene rings is 1. The van der Waals surface area contributed by atoms with Crippen molar-refractivity contribution in [2.45, 2.75) is 39.8 Å². The molecule has 5 heteroatoms. The maximum Gasteiger partial charge on any atom is 0.261 e. The van der Waals surface area contributed by atoms with Crippen molar-refractivity contribution in [2.24, 2.45) is 5.92 Å². The van der Waals surface area contributed by atoms with Gasteiger partial charge in [0.2, 0.25) is 0 Å². The molecule has 114 valence electrons. The van der Waals surface area contributed by atoms with Crippen LogP contribution in [0.15, 0.2) is 33.8 Å². The fourth-order valence-corrected chi connectivity index (χ4v) is 2.50. The Balaban J connectivity index is 2.19. The highest BCUT2D eigenvalue weighted by Gasteiger charge is 2.12. The zero-order chi connectivity index (χ0) is 15.6. The lowest BCUT2D eigenvalue weighted by Crippen LogP contribution is -2.40. The molecule has 4 nitrogen and oxygen atoms in total. The van der Waals surface area contributed by atoms with E-state index in [0.717, 1.165) is 16.5 Å². The van der Waals surface area contributed by atoms with Crippen molar-refractivity contribution in [3.63, 3.8) is 0 Å². The van der Waals surface area contributed by atoms with E-state index in [-0.39, 0.29) is 11.1 Å². The molecule has 0 spiro atoms. The molecule has 0 amide bonds. The lowest BCUT2D eigenvalue weighted by atomic mass is 10.1. The average molecular weight is 352 g/mol. The first-order chi connectivity index (χ1) is 9.76. The SMILES string of the molecule is CC(CNC(C)(C)C)Cn1cnc2ccc(Br)cc2c1=O. The van der Waals surface area contributed by atoms with E-state index < -0.39 is 0 Å². The Kier molecular flexibility index (Phi) is 4.84. The van der Waals surface area contributed by atoms with Crippen molar-refractivity contribution in [3.05, 3.63) is 39.4 Å². The third-order valence-corrected chi connectivity index (χ3v) is 3.77. The Morgan fingerprint density at radius 2 is 2.10 bits per heavy atom. The number of nitrogens with zero attached hydrogens (tertiary/aromatic N) is 2. The highest BCUT2D eigenvalue weighted by Crippen LogP contribution is 2.15. The van der Waals surface area contributed by atoms with Gasteiger partial charge in [-0.25, -0.2) is 4.98 Å². The minimum absolute atomic E-state index is 0.0175. The number of fused-ring (bicyclic) bond motifs is 1. The molecule has 1 atom stereocenters. The van der Waals surface area contributed by atoms with E-state index in [9.17, 15) is 4.79 Å². The van der Waals surface area contributed by atoms with Crippen LogP contribution < -0.4 is 10.9 Å². The molecule has 0 radical (unpaired) electrons. The number of halogens is 1.